The van der Waals surface area contributed by atoms with Gasteiger partial charge in [-0.1, -0.05) is 23.7 Å². The Balaban J connectivity index is 1.76. The van der Waals surface area contributed by atoms with Crippen molar-refractivity contribution in [3.05, 3.63) is 52.6 Å². The number of hydrogen-bond acceptors (Lipinski definition) is 4. The maximum absolute atomic E-state index is 9.77. The summed E-state index contributed by atoms with van der Waals surface area (Å²) in [7, 11) is 2.01. The fraction of sp³-hybridized carbons (Fsp3) is 0.438. The highest BCUT2D eigenvalue weighted by Gasteiger charge is 2.20. The van der Waals surface area contributed by atoms with Crippen molar-refractivity contribution in [2.45, 2.75) is 25.7 Å². The zero-order chi connectivity index (χ0) is 15.5. The van der Waals surface area contributed by atoms with Gasteiger partial charge in [-0.05, 0) is 24.7 Å². The lowest BCUT2D eigenvalue weighted by Crippen LogP contribution is -2.29. The van der Waals surface area contributed by atoms with E-state index in [1.165, 1.54) is 0 Å². The number of benzene rings is 1. The van der Waals surface area contributed by atoms with Crippen LogP contribution in [0, 0.1) is 0 Å². The van der Waals surface area contributed by atoms with Crippen molar-refractivity contribution in [3.63, 3.8) is 0 Å². The lowest BCUT2D eigenvalue weighted by Gasteiger charge is -2.28. The number of nitrogens with zero attached hydrogens (tertiary/aromatic N) is 3. The highest BCUT2D eigenvalue weighted by atomic mass is 35.5. The lowest BCUT2D eigenvalue weighted by molar-refractivity contribution is 0.0785. The van der Waals surface area contributed by atoms with Crippen LogP contribution in [-0.2, 0) is 24.4 Å². The number of aromatic nitrogens is 2. The summed E-state index contributed by atoms with van der Waals surface area (Å²) in [4.78, 5) is 6.54. The van der Waals surface area contributed by atoms with Crippen LogP contribution < -0.4 is 0 Å². The summed E-state index contributed by atoms with van der Waals surface area (Å²) in [5.74, 6) is 0.974. The van der Waals surface area contributed by atoms with Gasteiger partial charge in [0.1, 0.15) is 12.4 Å². The molecule has 3 rings (SSSR count). The number of aliphatic hydroxyl groups is 1. The number of ether oxygens (including phenoxy) is 1. The smallest absolute Gasteiger partial charge is 0.135 e. The van der Waals surface area contributed by atoms with Crippen LogP contribution in [0.15, 0.2) is 30.5 Å². The molecule has 22 heavy (non-hydrogen) atoms. The van der Waals surface area contributed by atoms with E-state index in [-0.39, 0.29) is 12.6 Å². The van der Waals surface area contributed by atoms with E-state index in [4.69, 9.17) is 16.3 Å². The first kappa shape index (κ1) is 15.5. The number of hydrogen-bond donors (Lipinski definition) is 1. The van der Waals surface area contributed by atoms with Gasteiger partial charge in [0.15, 0.2) is 0 Å². The van der Waals surface area contributed by atoms with Gasteiger partial charge in [-0.15, -0.1) is 0 Å². The van der Waals surface area contributed by atoms with Gasteiger partial charge in [-0.2, -0.15) is 0 Å². The lowest BCUT2D eigenvalue weighted by atomic mass is 10.1. The molecule has 0 amide bonds. The summed E-state index contributed by atoms with van der Waals surface area (Å²) >= 11 is 5.93. The molecule has 1 unspecified atom stereocenters. The molecule has 1 aliphatic rings. The van der Waals surface area contributed by atoms with Crippen molar-refractivity contribution in [2.24, 2.45) is 0 Å². The van der Waals surface area contributed by atoms with Crippen LogP contribution in [-0.4, -0.2) is 39.8 Å². The molecule has 0 radical (unpaired) electrons. The largest absolute Gasteiger partial charge is 0.394 e. The minimum Gasteiger partial charge on any atom is -0.394 e. The first-order chi connectivity index (χ1) is 10.7. The molecule has 1 aromatic carbocycles. The Morgan fingerprint density at radius 2 is 2.18 bits per heavy atom. The zero-order valence-corrected chi connectivity index (χ0v) is 13.3. The first-order valence-electron chi connectivity index (χ1n) is 7.36. The second kappa shape index (κ2) is 6.79. The van der Waals surface area contributed by atoms with E-state index in [1.807, 2.05) is 37.5 Å². The Labute approximate surface area is 135 Å². The number of imidazole rings is 1. The average Bonchev–Trinajstić information content (AvgIpc) is 2.93. The number of likely N-dealkylation sites (N-methyl/N-ethyl adjacent to an activating group) is 1. The molecule has 0 fully saturated rings. The summed E-state index contributed by atoms with van der Waals surface area (Å²) in [5.41, 5.74) is 2.20. The molecule has 1 aromatic heterocycles. The van der Waals surface area contributed by atoms with Gasteiger partial charge in [0.25, 0.3) is 0 Å². The van der Waals surface area contributed by atoms with Gasteiger partial charge >= 0.3 is 0 Å². The Morgan fingerprint density at radius 1 is 1.41 bits per heavy atom. The van der Waals surface area contributed by atoms with E-state index in [0.717, 1.165) is 36.8 Å². The molecular formula is C16H20ClN3O2. The summed E-state index contributed by atoms with van der Waals surface area (Å²) in [6, 6.07) is 7.55. The Morgan fingerprint density at radius 3 is 2.91 bits per heavy atom. The summed E-state index contributed by atoms with van der Waals surface area (Å²) < 4.78 is 7.62. The van der Waals surface area contributed by atoms with Gasteiger partial charge in [0.05, 0.1) is 24.9 Å². The topological polar surface area (TPSA) is 50.5 Å². The number of rotatable bonds is 5. The van der Waals surface area contributed by atoms with E-state index >= 15 is 0 Å². The highest BCUT2D eigenvalue weighted by molar-refractivity contribution is 6.30. The molecule has 2 aromatic rings. The van der Waals surface area contributed by atoms with Gasteiger partial charge in [-0.3, -0.25) is 4.90 Å². The Hall–Kier alpha value is -1.40. The maximum Gasteiger partial charge on any atom is 0.135 e. The Bertz CT molecular complexity index is 627. The third kappa shape index (κ3) is 3.17. The molecule has 0 saturated heterocycles. The Kier molecular flexibility index (Phi) is 4.78. The molecule has 118 valence electrons. The van der Waals surface area contributed by atoms with Crippen molar-refractivity contribution in [1.82, 2.24) is 14.5 Å². The molecule has 0 bridgehead atoms. The molecule has 1 atom stereocenters. The molecule has 0 spiro atoms. The second-order valence-electron chi connectivity index (χ2n) is 5.54. The SMILES string of the molecule is CN(Cc1cnc2n1CCOC2)C(CO)c1ccc(Cl)cc1. The molecule has 1 aliphatic heterocycles. The molecule has 2 heterocycles. The second-order valence-corrected chi connectivity index (χ2v) is 5.97. The van der Waals surface area contributed by atoms with Gasteiger partial charge < -0.3 is 14.4 Å². The number of halogens is 1. The van der Waals surface area contributed by atoms with Crippen molar-refractivity contribution < 1.29 is 9.84 Å². The van der Waals surface area contributed by atoms with Crippen molar-refractivity contribution in [1.29, 1.82) is 0 Å². The average molecular weight is 322 g/mol. The van der Waals surface area contributed by atoms with Crippen LogP contribution in [0.3, 0.4) is 0 Å². The molecule has 5 nitrogen and oxygen atoms in total. The third-order valence-electron chi connectivity index (χ3n) is 4.08. The summed E-state index contributed by atoms with van der Waals surface area (Å²) in [6.07, 6.45) is 1.90. The van der Waals surface area contributed by atoms with Crippen LogP contribution in [0.4, 0.5) is 0 Å². The van der Waals surface area contributed by atoms with Crippen molar-refractivity contribution in [3.8, 4) is 0 Å². The fourth-order valence-electron chi connectivity index (χ4n) is 2.84. The van der Waals surface area contributed by atoms with E-state index in [1.54, 1.807) is 0 Å². The van der Waals surface area contributed by atoms with E-state index in [9.17, 15) is 5.11 Å². The number of aliphatic hydroxyl groups excluding tert-OH is 1. The highest BCUT2D eigenvalue weighted by Crippen LogP contribution is 2.23. The van der Waals surface area contributed by atoms with Crippen LogP contribution in [0.5, 0.6) is 0 Å². The minimum absolute atomic E-state index is 0.0578. The van der Waals surface area contributed by atoms with E-state index < -0.39 is 0 Å². The predicted molar refractivity (Wildman–Crippen MR) is 84.6 cm³/mol. The molecule has 0 saturated carbocycles. The van der Waals surface area contributed by atoms with Crippen LogP contribution in [0.1, 0.15) is 23.1 Å². The maximum atomic E-state index is 9.77. The quantitative estimate of drug-likeness (QED) is 0.917. The normalized spacial score (nSPS) is 15.8. The van der Waals surface area contributed by atoms with Gasteiger partial charge in [0, 0.05) is 24.3 Å². The van der Waals surface area contributed by atoms with E-state index in [2.05, 4.69) is 14.5 Å². The van der Waals surface area contributed by atoms with Gasteiger partial charge in [0.2, 0.25) is 0 Å². The molecule has 6 heteroatoms. The summed E-state index contributed by atoms with van der Waals surface area (Å²) in [5, 5.41) is 10.5. The molecular weight excluding hydrogens is 302 g/mol. The third-order valence-corrected chi connectivity index (χ3v) is 4.33. The van der Waals surface area contributed by atoms with Crippen molar-refractivity contribution >= 4 is 11.6 Å². The fourth-order valence-corrected chi connectivity index (χ4v) is 2.96. The molecule has 0 aliphatic carbocycles. The van der Waals surface area contributed by atoms with Crippen LogP contribution in [0.25, 0.3) is 0 Å². The first-order valence-corrected chi connectivity index (χ1v) is 7.74. The monoisotopic (exact) mass is 321 g/mol. The minimum atomic E-state index is -0.0664. The van der Waals surface area contributed by atoms with E-state index in [0.29, 0.717) is 11.6 Å². The predicted octanol–water partition coefficient (Wildman–Crippen LogP) is 2.23. The summed E-state index contributed by atoms with van der Waals surface area (Å²) in [6.45, 7) is 2.91. The molecule has 1 N–H and O–H groups in total. The van der Waals surface area contributed by atoms with Crippen LogP contribution in [0.2, 0.25) is 5.02 Å². The van der Waals surface area contributed by atoms with Crippen molar-refractivity contribution in [2.75, 3.05) is 20.3 Å². The number of fused-ring (bicyclic) bond motifs is 1. The van der Waals surface area contributed by atoms with Gasteiger partial charge in [-0.25, -0.2) is 4.98 Å². The van der Waals surface area contributed by atoms with Crippen LogP contribution >= 0.6 is 11.6 Å². The standard InChI is InChI=1S/C16H20ClN3O2/c1-19(15(10-21)12-2-4-13(17)5-3-12)9-14-8-18-16-11-22-7-6-20(14)16/h2-5,8,15,21H,6-7,9-11H2,1H3. The zero-order valence-electron chi connectivity index (χ0n) is 12.6.